The second-order valence-electron chi connectivity index (χ2n) is 3.96. The summed E-state index contributed by atoms with van der Waals surface area (Å²) < 4.78 is 26.2. The van der Waals surface area contributed by atoms with Gasteiger partial charge in [-0.05, 0) is 30.0 Å². The van der Waals surface area contributed by atoms with E-state index in [1.54, 1.807) is 12.1 Å². The van der Waals surface area contributed by atoms with Gasteiger partial charge in [-0.1, -0.05) is 12.1 Å². The van der Waals surface area contributed by atoms with Gasteiger partial charge in [0.2, 0.25) is 10.0 Å². The summed E-state index contributed by atoms with van der Waals surface area (Å²) >= 11 is 4.98. The largest absolute Gasteiger partial charge is 0.347 e. The number of primary sulfonamides is 1. The molecule has 0 aliphatic heterocycles. The van der Waals surface area contributed by atoms with E-state index in [0.29, 0.717) is 6.42 Å². The highest BCUT2D eigenvalue weighted by Crippen LogP contribution is 2.48. The lowest BCUT2D eigenvalue weighted by molar-refractivity contribution is -0.135. The van der Waals surface area contributed by atoms with Crippen molar-refractivity contribution in [3.63, 3.8) is 0 Å². The topological polar surface area (TPSA) is 86.5 Å². The van der Waals surface area contributed by atoms with Gasteiger partial charge in [-0.25, -0.2) is 13.6 Å². The van der Waals surface area contributed by atoms with Crippen LogP contribution in [0.4, 0.5) is 0 Å². The molecule has 5 nitrogen and oxygen atoms in total. The maximum absolute atomic E-state index is 11.1. The first-order valence-electron chi connectivity index (χ1n) is 4.88. The Hall–Kier alpha value is -1.11. The average Bonchev–Trinajstić information content (AvgIpc) is 3.07. The summed E-state index contributed by atoms with van der Waals surface area (Å²) in [5.74, 6) is -0.629. The molecule has 1 aromatic carbocycles. The van der Waals surface area contributed by atoms with Gasteiger partial charge in [0, 0.05) is 0 Å². The van der Waals surface area contributed by atoms with Crippen molar-refractivity contribution in [2.75, 3.05) is 0 Å². The fourth-order valence-corrected chi connectivity index (χ4v) is 2.42. The molecule has 0 saturated heterocycles. The smallest absolute Gasteiger partial charge is 0.328 e. The number of carbonyl (C=O) groups excluding carboxylic acids is 1. The van der Waals surface area contributed by atoms with Crippen LogP contribution in [0.5, 0.6) is 0 Å². The van der Waals surface area contributed by atoms with Crippen LogP contribution in [-0.4, -0.2) is 14.4 Å². The molecule has 2 N–H and O–H groups in total. The third kappa shape index (κ3) is 2.59. The van der Waals surface area contributed by atoms with Crippen molar-refractivity contribution >= 4 is 27.9 Å². The van der Waals surface area contributed by atoms with Gasteiger partial charge in [0.05, 0.1) is 10.8 Å². The van der Waals surface area contributed by atoms with E-state index in [0.717, 1.165) is 5.56 Å². The SMILES string of the molecule is NS(=O)(=O)c1ccc(C2CC2C(=O)OCl)cc1. The van der Waals surface area contributed by atoms with Crippen LogP contribution in [-0.2, 0) is 19.1 Å². The molecule has 1 saturated carbocycles. The van der Waals surface area contributed by atoms with Crippen LogP contribution in [0.15, 0.2) is 29.2 Å². The van der Waals surface area contributed by atoms with Crippen LogP contribution in [0.25, 0.3) is 0 Å². The van der Waals surface area contributed by atoms with E-state index < -0.39 is 16.0 Å². The molecule has 0 radical (unpaired) electrons. The zero-order valence-electron chi connectivity index (χ0n) is 8.67. The number of carbonyl (C=O) groups is 1. The minimum absolute atomic E-state index is 0.0516. The number of rotatable bonds is 3. The van der Waals surface area contributed by atoms with E-state index in [2.05, 4.69) is 4.29 Å². The second-order valence-corrected chi connectivity index (χ2v) is 5.67. The Morgan fingerprint density at radius 2 is 1.94 bits per heavy atom. The molecular weight excluding hydrogens is 266 g/mol. The fourth-order valence-electron chi connectivity index (χ4n) is 1.79. The highest BCUT2D eigenvalue weighted by atomic mass is 35.5. The van der Waals surface area contributed by atoms with Crippen molar-refractivity contribution in [2.45, 2.75) is 17.2 Å². The molecule has 2 atom stereocenters. The molecule has 92 valence electrons. The molecular formula is C10H10ClNO4S. The van der Waals surface area contributed by atoms with Crippen molar-refractivity contribution in [1.82, 2.24) is 0 Å². The van der Waals surface area contributed by atoms with Gasteiger partial charge in [-0.15, -0.1) is 0 Å². The predicted octanol–water partition coefficient (Wildman–Crippen LogP) is 1.13. The molecule has 7 heteroatoms. The highest BCUT2D eigenvalue weighted by Gasteiger charge is 2.45. The summed E-state index contributed by atoms with van der Waals surface area (Å²) in [5, 5.41) is 4.98. The molecule has 0 aromatic heterocycles. The van der Waals surface area contributed by atoms with Gasteiger partial charge in [0.25, 0.3) is 0 Å². The fraction of sp³-hybridized carbons (Fsp3) is 0.300. The normalized spacial score (nSPS) is 23.2. The molecule has 0 heterocycles. The van der Waals surface area contributed by atoms with Gasteiger partial charge >= 0.3 is 5.97 Å². The molecule has 2 unspecified atom stereocenters. The first kappa shape index (κ1) is 12.3. The van der Waals surface area contributed by atoms with E-state index in [1.165, 1.54) is 12.1 Å². The highest BCUT2D eigenvalue weighted by molar-refractivity contribution is 7.89. The van der Waals surface area contributed by atoms with Crippen molar-refractivity contribution in [3.8, 4) is 0 Å². The Bertz CT molecular complexity index is 540. The van der Waals surface area contributed by atoms with Crippen LogP contribution in [0.2, 0.25) is 0 Å². The zero-order valence-corrected chi connectivity index (χ0v) is 10.2. The molecule has 0 amide bonds. The molecule has 1 aliphatic rings. The van der Waals surface area contributed by atoms with Gasteiger partial charge in [0.1, 0.15) is 11.9 Å². The number of hydrogen-bond acceptors (Lipinski definition) is 4. The minimum atomic E-state index is -3.67. The van der Waals surface area contributed by atoms with E-state index in [-0.39, 0.29) is 16.7 Å². The van der Waals surface area contributed by atoms with Crippen molar-refractivity contribution in [2.24, 2.45) is 11.1 Å². The van der Waals surface area contributed by atoms with Crippen molar-refractivity contribution in [1.29, 1.82) is 0 Å². The lowest BCUT2D eigenvalue weighted by atomic mass is 10.1. The van der Waals surface area contributed by atoms with Crippen LogP contribution in [0.3, 0.4) is 0 Å². The number of hydrogen-bond donors (Lipinski definition) is 1. The van der Waals surface area contributed by atoms with Gasteiger partial charge in [-0.3, -0.25) is 4.79 Å². The van der Waals surface area contributed by atoms with Crippen LogP contribution < -0.4 is 5.14 Å². The number of halogens is 1. The summed E-state index contributed by atoms with van der Waals surface area (Å²) in [6.45, 7) is 0. The summed E-state index contributed by atoms with van der Waals surface area (Å²) in [6.07, 6.45) is 0.667. The maximum atomic E-state index is 11.1. The first-order chi connectivity index (χ1) is 7.93. The van der Waals surface area contributed by atoms with E-state index in [1.807, 2.05) is 0 Å². The number of nitrogens with two attached hydrogens (primary N) is 1. The number of sulfonamides is 1. The maximum Gasteiger partial charge on any atom is 0.328 e. The van der Waals surface area contributed by atoms with Crippen LogP contribution >= 0.6 is 11.9 Å². The van der Waals surface area contributed by atoms with Gasteiger partial charge < -0.3 is 4.29 Å². The molecule has 2 rings (SSSR count). The molecule has 1 fully saturated rings. The first-order valence-corrected chi connectivity index (χ1v) is 6.74. The lowest BCUT2D eigenvalue weighted by Gasteiger charge is -2.01. The number of benzene rings is 1. The minimum Gasteiger partial charge on any atom is -0.347 e. The Morgan fingerprint density at radius 1 is 1.35 bits per heavy atom. The average molecular weight is 276 g/mol. The van der Waals surface area contributed by atoms with Crippen LogP contribution in [0.1, 0.15) is 17.9 Å². The Morgan fingerprint density at radius 3 is 2.41 bits per heavy atom. The Labute approximate surface area is 104 Å². The van der Waals surface area contributed by atoms with Gasteiger partial charge in [-0.2, -0.15) is 0 Å². The summed E-state index contributed by atoms with van der Waals surface area (Å²) in [6, 6.07) is 6.13. The summed E-state index contributed by atoms with van der Waals surface area (Å²) in [5.41, 5.74) is 0.879. The van der Waals surface area contributed by atoms with E-state index in [4.69, 9.17) is 17.0 Å². The third-order valence-corrected chi connectivity index (χ3v) is 3.89. The quantitative estimate of drug-likeness (QED) is 0.896. The second kappa shape index (κ2) is 4.29. The molecule has 1 aliphatic carbocycles. The third-order valence-electron chi connectivity index (χ3n) is 2.81. The van der Waals surface area contributed by atoms with E-state index >= 15 is 0 Å². The summed E-state index contributed by atoms with van der Waals surface area (Å²) in [4.78, 5) is 11.2. The standard InChI is InChI=1S/C10H10ClNO4S/c11-16-10(13)9-5-8(9)6-1-3-7(4-2-6)17(12,14)15/h1-4,8-9H,5H2,(H2,12,14,15). The Balaban J connectivity index is 2.14. The monoisotopic (exact) mass is 275 g/mol. The molecule has 17 heavy (non-hydrogen) atoms. The predicted molar refractivity (Wildman–Crippen MR) is 60.6 cm³/mol. The van der Waals surface area contributed by atoms with Crippen molar-refractivity contribution in [3.05, 3.63) is 29.8 Å². The van der Waals surface area contributed by atoms with Gasteiger partial charge in [0.15, 0.2) is 0 Å². The zero-order chi connectivity index (χ0) is 12.6. The summed E-state index contributed by atoms with van der Waals surface area (Å²) in [7, 11) is -3.67. The van der Waals surface area contributed by atoms with Crippen LogP contribution in [0, 0.1) is 5.92 Å². The molecule has 0 bridgehead atoms. The lowest BCUT2D eigenvalue weighted by Crippen LogP contribution is -2.11. The van der Waals surface area contributed by atoms with E-state index in [9.17, 15) is 13.2 Å². The molecule has 0 spiro atoms. The van der Waals surface area contributed by atoms with Crippen molar-refractivity contribution < 1.29 is 17.5 Å². The Kier molecular flexibility index (Phi) is 3.11. The molecule has 1 aromatic rings.